The molecule has 0 aromatic heterocycles. The van der Waals surface area contributed by atoms with E-state index in [2.05, 4.69) is 0 Å². The van der Waals surface area contributed by atoms with Gasteiger partial charge in [-0.3, -0.25) is 0 Å². The molecule has 1 aliphatic rings. The van der Waals surface area contributed by atoms with Crippen molar-refractivity contribution in [2.75, 3.05) is 118 Å². The van der Waals surface area contributed by atoms with E-state index >= 15 is 0 Å². The van der Waals surface area contributed by atoms with Crippen LogP contribution in [0.3, 0.4) is 0 Å². The molecule has 1 aromatic carbocycles. The van der Waals surface area contributed by atoms with E-state index in [1.165, 1.54) is 6.42 Å². The molecule has 0 saturated carbocycles. The van der Waals surface area contributed by atoms with Crippen LogP contribution in [0, 0.1) is 0 Å². The minimum atomic E-state index is -0.0622. The Morgan fingerprint density at radius 2 is 0.974 bits per heavy atom. The third kappa shape index (κ3) is 19.5. The van der Waals surface area contributed by atoms with E-state index in [0.717, 1.165) is 25.2 Å². The van der Waals surface area contributed by atoms with Crippen molar-refractivity contribution in [2.24, 2.45) is 0 Å². The van der Waals surface area contributed by atoms with Crippen LogP contribution in [-0.4, -0.2) is 119 Å². The number of hydrogen-bond acceptors (Lipinski definition) is 11. The highest BCUT2D eigenvalue weighted by Crippen LogP contribution is 2.13. The van der Waals surface area contributed by atoms with Crippen molar-refractivity contribution in [3.63, 3.8) is 0 Å². The van der Waals surface area contributed by atoms with Crippen molar-refractivity contribution < 1.29 is 47.4 Å². The lowest BCUT2D eigenvalue weighted by molar-refractivity contribution is -0.169. The average molecular weight is 546 g/mol. The van der Waals surface area contributed by atoms with E-state index in [-0.39, 0.29) is 6.29 Å². The van der Waals surface area contributed by atoms with E-state index < -0.39 is 0 Å². The minimum Gasteiger partial charge on any atom is -0.491 e. The number of nitrogens with two attached hydrogens (primary N) is 1. The van der Waals surface area contributed by atoms with Gasteiger partial charge in [-0.25, -0.2) is 0 Å². The van der Waals surface area contributed by atoms with Crippen LogP contribution in [-0.2, 0) is 42.6 Å². The van der Waals surface area contributed by atoms with E-state index in [1.807, 2.05) is 12.1 Å². The summed E-state index contributed by atoms with van der Waals surface area (Å²) in [6, 6.07) is 7.27. The van der Waals surface area contributed by atoms with Crippen LogP contribution < -0.4 is 10.5 Å². The van der Waals surface area contributed by atoms with Gasteiger partial charge in [0, 0.05) is 12.3 Å². The molecule has 0 bridgehead atoms. The van der Waals surface area contributed by atoms with Gasteiger partial charge < -0.3 is 53.1 Å². The molecule has 11 nitrogen and oxygen atoms in total. The van der Waals surface area contributed by atoms with Crippen LogP contribution in [0.5, 0.6) is 5.75 Å². The highest BCUT2D eigenvalue weighted by molar-refractivity contribution is 5.41. The summed E-state index contributed by atoms with van der Waals surface area (Å²) in [5.41, 5.74) is 6.35. The second-order valence-electron chi connectivity index (χ2n) is 8.37. The number of benzene rings is 1. The molecule has 11 heteroatoms. The van der Waals surface area contributed by atoms with Crippen LogP contribution >= 0.6 is 0 Å². The maximum atomic E-state index is 5.63. The van der Waals surface area contributed by atoms with Gasteiger partial charge in [0.25, 0.3) is 0 Å². The number of nitrogen functional groups attached to an aromatic ring is 1. The van der Waals surface area contributed by atoms with Crippen LogP contribution in [0.2, 0.25) is 0 Å². The predicted octanol–water partition coefficient (Wildman–Crippen LogP) is 2.31. The van der Waals surface area contributed by atoms with Gasteiger partial charge in [-0.15, -0.1) is 0 Å². The second kappa shape index (κ2) is 24.5. The largest absolute Gasteiger partial charge is 0.491 e. The molecule has 1 heterocycles. The number of ether oxygens (including phenoxy) is 10. The summed E-state index contributed by atoms with van der Waals surface area (Å²) in [6.45, 7) is 9.14. The first kappa shape index (κ1) is 32.7. The molecule has 0 radical (unpaired) electrons. The monoisotopic (exact) mass is 545 g/mol. The zero-order chi connectivity index (χ0) is 26.8. The molecule has 38 heavy (non-hydrogen) atoms. The smallest absolute Gasteiger partial charge is 0.157 e. The number of hydrogen-bond donors (Lipinski definition) is 1. The van der Waals surface area contributed by atoms with Crippen LogP contribution in [0.25, 0.3) is 0 Å². The van der Waals surface area contributed by atoms with E-state index in [9.17, 15) is 0 Å². The Kier molecular flexibility index (Phi) is 21.1. The van der Waals surface area contributed by atoms with E-state index in [1.54, 1.807) is 12.1 Å². The Labute approximate surface area is 227 Å². The minimum absolute atomic E-state index is 0.0622. The van der Waals surface area contributed by atoms with Gasteiger partial charge in [0.2, 0.25) is 0 Å². The summed E-state index contributed by atoms with van der Waals surface area (Å²) >= 11 is 0. The summed E-state index contributed by atoms with van der Waals surface area (Å²) in [5.74, 6) is 0.776. The first-order valence-corrected chi connectivity index (χ1v) is 13.6. The summed E-state index contributed by atoms with van der Waals surface area (Å²) in [5, 5.41) is 0. The Hall–Kier alpha value is -1.54. The SMILES string of the molecule is Nc1ccc(OCCOCCOCCOCCOCCOCCOCCOCCOC2CCCCO2)cc1. The summed E-state index contributed by atoms with van der Waals surface area (Å²) in [6.07, 6.45) is 3.20. The Bertz CT molecular complexity index is 631. The van der Waals surface area contributed by atoms with Gasteiger partial charge in [0.1, 0.15) is 12.4 Å². The molecule has 1 aromatic rings. The Morgan fingerprint density at radius 3 is 1.39 bits per heavy atom. The molecule has 0 aliphatic carbocycles. The fraction of sp³-hybridized carbons (Fsp3) is 0.778. The summed E-state index contributed by atoms with van der Waals surface area (Å²) in [7, 11) is 0. The highest BCUT2D eigenvalue weighted by atomic mass is 16.7. The van der Waals surface area contributed by atoms with E-state index in [4.69, 9.17) is 53.1 Å². The van der Waals surface area contributed by atoms with Crippen LogP contribution in [0.15, 0.2) is 24.3 Å². The molecular formula is C27H47NO10. The third-order valence-corrected chi connectivity index (χ3v) is 5.28. The zero-order valence-corrected chi connectivity index (χ0v) is 22.7. The van der Waals surface area contributed by atoms with Gasteiger partial charge >= 0.3 is 0 Å². The van der Waals surface area contributed by atoms with Crippen LogP contribution in [0.1, 0.15) is 19.3 Å². The standard InChI is InChI=1S/C27H47NO10/c28-25-4-6-26(7-5-25)36-23-21-34-19-17-32-15-13-30-11-9-29-10-12-31-14-16-33-18-20-35-22-24-38-27-3-1-2-8-37-27/h4-7,27H,1-3,8-24,28H2. The third-order valence-electron chi connectivity index (χ3n) is 5.28. The molecule has 1 unspecified atom stereocenters. The second-order valence-corrected chi connectivity index (χ2v) is 8.37. The van der Waals surface area contributed by atoms with Gasteiger partial charge in [0.15, 0.2) is 6.29 Å². The van der Waals surface area contributed by atoms with Crippen molar-refractivity contribution >= 4 is 5.69 Å². The normalized spacial score (nSPS) is 15.6. The van der Waals surface area contributed by atoms with E-state index in [0.29, 0.717) is 111 Å². The maximum absolute atomic E-state index is 5.63. The number of rotatable bonds is 26. The molecule has 2 N–H and O–H groups in total. The molecular weight excluding hydrogens is 498 g/mol. The lowest BCUT2D eigenvalue weighted by atomic mass is 10.2. The number of anilines is 1. The average Bonchev–Trinajstić information content (AvgIpc) is 2.94. The summed E-state index contributed by atoms with van der Waals surface area (Å²) in [4.78, 5) is 0. The topological polar surface area (TPSA) is 118 Å². The first-order chi connectivity index (χ1) is 18.8. The molecule has 1 aliphatic heterocycles. The van der Waals surface area contributed by atoms with Crippen molar-refractivity contribution in [2.45, 2.75) is 25.6 Å². The molecule has 1 atom stereocenters. The first-order valence-electron chi connectivity index (χ1n) is 13.6. The lowest BCUT2D eigenvalue weighted by Crippen LogP contribution is -2.24. The van der Waals surface area contributed by atoms with Crippen molar-refractivity contribution in [1.82, 2.24) is 0 Å². The Balaban J connectivity index is 1.17. The maximum Gasteiger partial charge on any atom is 0.157 e. The van der Waals surface area contributed by atoms with Gasteiger partial charge in [-0.1, -0.05) is 0 Å². The zero-order valence-electron chi connectivity index (χ0n) is 22.7. The summed E-state index contributed by atoms with van der Waals surface area (Å²) < 4.78 is 54.9. The quantitative estimate of drug-likeness (QED) is 0.136. The van der Waals surface area contributed by atoms with Gasteiger partial charge in [0.05, 0.1) is 99.1 Å². The predicted molar refractivity (Wildman–Crippen MR) is 142 cm³/mol. The van der Waals surface area contributed by atoms with Crippen molar-refractivity contribution in [3.05, 3.63) is 24.3 Å². The molecule has 2 rings (SSSR count). The van der Waals surface area contributed by atoms with Gasteiger partial charge in [-0.05, 0) is 43.5 Å². The highest BCUT2D eigenvalue weighted by Gasteiger charge is 2.13. The molecule has 0 spiro atoms. The van der Waals surface area contributed by atoms with Crippen molar-refractivity contribution in [1.29, 1.82) is 0 Å². The van der Waals surface area contributed by atoms with Crippen LogP contribution in [0.4, 0.5) is 5.69 Å². The van der Waals surface area contributed by atoms with Crippen molar-refractivity contribution in [3.8, 4) is 5.75 Å². The molecule has 220 valence electrons. The molecule has 0 amide bonds. The molecule has 1 saturated heterocycles. The lowest BCUT2D eigenvalue weighted by Gasteiger charge is -2.22. The fourth-order valence-electron chi connectivity index (χ4n) is 3.29. The molecule has 1 fully saturated rings. The fourth-order valence-corrected chi connectivity index (χ4v) is 3.29. The van der Waals surface area contributed by atoms with Gasteiger partial charge in [-0.2, -0.15) is 0 Å². The Morgan fingerprint density at radius 1 is 0.553 bits per heavy atom.